The summed E-state index contributed by atoms with van der Waals surface area (Å²) in [7, 11) is 1.42. The van der Waals surface area contributed by atoms with Crippen molar-refractivity contribution in [1.82, 2.24) is 9.80 Å². The van der Waals surface area contributed by atoms with E-state index in [1.165, 1.54) is 7.11 Å². The van der Waals surface area contributed by atoms with Gasteiger partial charge in [0.05, 0.1) is 19.6 Å². The second-order valence-corrected chi connectivity index (χ2v) is 7.36. The van der Waals surface area contributed by atoms with Crippen molar-refractivity contribution in [2.45, 2.75) is 12.8 Å². The molecule has 0 aliphatic carbocycles. The first-order chi connectivity index (χ1) is 12.6. The zero-order valence-corrected chi connectivity index (χ0v) is 16.0. The van der Waals surface area contributed by atoms with Gasteiger partial charge in [-0.1, -0.05) is 17.7 Å². The monoisotopic (exact) mass is 379 g/mol. The van der Waals surface area contributed by atoms with Crippen molar-refractivity contribution in [2.75, 3.05) is 57.8 Å². The van der Waals surface area contributed by atoms with E-state index < -0.39 is 0 Å². The minimum atomic E-state index is -0.158. The van der Waals surface area contributed by atoms with E-state index in [0.29, 0.717) is 32.5 Å². The normalized spacial score (nSPS) is 19.5. The van der Waals surface area contributed by atoms with Gasteiger partial charge in [-0.15, -0.1) is 0 Å². The van der Waals surface area contributed by atoms with Gasteiger partial charge in [0.25, 0.3) is 0 Å². The highest BCUT2D eigenvalue weighted by atomic mass is 35.5. The molecule has 0 bridgehead atoms. The van der Waals surface area contributed by atoms with Gasteiger partial charge in [0.2, 0.25) is 5.91 Å². The summed E-state index contributed by atoms with van der Waals surface area (Å²) in [5.74, 6) is -0.0657. The third-order valence-corrected chi connectivity index (χ3v) is 5.52. The number of nitrogens with zero attached hydrogens (tertiary/aromatic N) is 3. The van der Waals surface area contributed by atoms with Gasteiger partial charge in [0, 0.05) is 50.0 Å². The highest BCUT2D eigenvalue weighted by Gasteiger charge is 2.29. The Morgan fingerprint density at radius 1 is 1.12 bits per heavy atom. The standard InChI is InChI=1S/C19H26ClN3O3/c1-26-19(25)15-5-7-23(8-6-15)18(24)14-21-9-11-22(12-10-21)17-4-2-3-16(20)13-17/h2-4,13,15H,5-12,14H2,1H3. The van der Waals surface area contributed by atoms with Gasteiger partial charge in [-0.25, -0.2) is 0 Å². The number of carbonyl (C=O) groups excluding carboxylic acids is 2. The van der Waals surface area contributed by atoms with Crippen LogP contribution in [0.15, 0.2) is 24.3 Å². The SMILES string of the molecule is COC(=O)C1CCN(C(=O)CN2CCN(c3cccc(Cl)c3)CC2)CC1. The van der Waals surface area contributed by atoms with Crippen LogP contribution in [0.4, 0.5) is 5.69 Å². The van der Waals surface area contributed by atoms with Gasteiger partial charge in [-0.05, 0) is 31.0 Å². The van der Waals surface area contributed by atoms with E-state index in [-0.39, 0.29) is 17.8 Å². The molecule has 2 fully saturated rings. The van der Waals surface area contributed by atoms with Gasteiger partial charge in [0.15, 0.2) is 0 Å². The van der Waals surface area contributed by atoms with Crippen LogP contribution in [0, 0.1) is 5.92 Å². The van der Waals surface area contributed by atoms with Crippen molar-refractivity contribution in [3.05, 3.63) is 29.3 Å². The number of piperazine rings is 1. The zero-order valence-electron chi connectivity index (χ0n) is 15.2. The number of anilines is 1. The number of esters is 1. The van der Waals surface area contributed by atoms with E-state index in [9.17, 15) is 9.59 Å². The smallest absolute Gasteiger partial charge is 0.308 e. The van der Waals surface area contributed by atoms with Crippen molar-refractivity contribution < 1.29 is 14.3 Å². The Balaban J connectivity index is 1.43. The number of methoxy groups -OCH3 is 1. The summed E-state index contributed by atoms with van der Waals surface area (Å²) in [5.41, 5.74) is 1.13. The summed E-state index contributed by atoms with van der Waals surface area (Å²) in [6.45, 7) is 5.22. The lowest BCUT2D eigenvalue weighted by atomic mass is 9.97. The van der Waals surface area contributed by atoms with Crippen LogP contribution in [0.3, 0.4) is 0 Å². The Bertz CT molecular complexity index is 639. The van der Waals surface area contributed by atoms with E-state index in [1.54, 1.807) is 0 Å². The second-order valence-electron chi connectivity index (χ2n) is 6.92. The molecule has 0 spiro atoms. The van der Waals surface area contributed by atoms with Gasteiger partial charge >= 0.3 is 5.97 Å². The van der Waals surface area contributed by atoms with Crippen LogP contribution in [0.2, 0.25) is 5.02 Å². The highest BCUT2D eigenvalue weighted by Crippen LogP contribution is 2.21. The number of ether oxygens (including phenoxy) is 1. The van der Waals surface area contributed by atoms with Crippen LogP contribution in [-0.4, -0.2) is 74.6 Å². The third kappa shape index (κ3) is 4.68. The lowest BCUT2D eigenvalue weighted by Crippen LogP contribution is -2.51. The van der Waals surface area contributed by atoms with Gasteiger partial charge in [0.1, 0.15) is 0 Å². The number of likely N-dealkylation sites (tertiary alicyclic amines) is 1. The molecule has 1 aromatic rings. The minimum Gasteiger partial charge on any atom is -0.469 e. The fourth-order valence-electron chi connectivity index (χ4n) is 3.66. The van der Waals surface area contributed by atoms with Gasteiger partial charge in [-0.3, -0.25) is 14.5 Å². The molecule has 0 unspecified atom stereocenters. The van der Waals surface area contributed by atoms with Crippen LogP contribution >= 0.6 is 11.6 Å². The zero-order chi connectivity index (χ0) is 18.5. The fourth-order valence-corrected chi connectivity index (χ4v) is 3.84. The Kier molecular flexibility index (Phi) is 6.38. The Labute approximate surface area is 159 Å². The summed E-state index contributed by atoms with van der Waals surface area (Å²) >= 11 is 6.07. The highest BCUT2D eigenvalue weighted by molar-refractivity contribution is 6.30. The summed E-state index contributed by atoms with van der Waals surface area (Å²) in [4.78, 5) is 30.5. The Morgan fingerprint density at radius 2 is 1.81 bits per heavy atom. The molecule has 0 atom stereocenters. The van der Waals surface area contributed by atoms with Crippen LogP contribution in [-0.2, 0) is 14.3 Å². The fraction of sp³-hybridized carbons (Fsp3) is 0.579. The van der Waals surface area contributed by atoms with E-state index in [4.69, 9.17) is 16.3 Å². The van der Waals surface area contributed by atoms with E-state index in [2.05, 4.69) is 15.9 Å². The quantitative estimate of drug-likeness (QED) is 0.747. The van der Waals surface area contributed by atoms with E-state index in [0.717, 1.165) is 36.9 Å². The topological polar surface area (TPSA) is 53.1 Å². The minimum absolute atomic E-state index is 0.0645. The molecule has 2 saturated heterocycles. The molecular formula is C19H26ClN3O3. The average Bonchev–Trinajstić information content (AvgIpc) is 2.68. The number of benzene rings is 1. The summed E-state index contributed by atoms with van der Waals surface area (Å²) < 4.78 is 4.80. The molecule has 1 amide bonds. The second kappa shape index (κ2) is 8.73. The lowest BCUT2D eigenvalue weighted by Gasteiger charge is -2.37. The first kappa shape index (κ1) is 19.0. The molecule has 0 N–H and O–H groups in total. The molecule has 0 aromatic heterocycles. The molecule has 2 aliphatic heterocycles. The van der Waals surface area contributed by atoms with E-state index >= 15 is 0 Å². The third-order valence-electron chi connectivity index (χ3n) is 5.29. The van der Waals surface area contributed by atoms with E-state index in [1.807, 2.05) is 23.1 Å². The van der Waals surface area contributed by atoms with Crippen LogP contribution < -0.4 is 4.90 Å². The molecule has 26 heavy (non-hydrogen) atoms. The van der Waals surface area contributed by atoms with Crippen LogP contribution in [0.1, 0.15) is 12.8 Å². The molecule has 0 radical (unpaired) electrons. The number of carbonyl (C=O) groups is 2. The molecule has 2 aliphatic rings. The maximum absolute atomic E-state index is 12.5. The maximum Gasteiger partial charge on any atom is 0.308 e. The lowest BCUT2D eigenvalue weighted by molar-refractivity contribution is -0.149. The van der Waals surface area contributed by atoms with Crippen LogP contribution in [0.5, 0.6) is 0 Å². The molecule has 2 heterocycles. The maximum atomic E-state index is 12.5. The van der Waals surface area contributed by atoms with Crippen molar-refractivity contribution in [2.24, 2.45) is 5.92 Å². The Morgan fingerprint density at radius 3 is 2.42 bits per heavy atom. The number of amides is 1. The Hall–Kier alpha value is -1.79. The molecular weight excluding hydrogens is 354 g/mol. The van der Waals surface area contributed by atoms with Crippen LogP contribution in [0.25, 0.3) is 0 Å². The first-order valence-corrected chi connectivity index (χ1v) is 9.53. The largest absolute Gasteiger partial charge is 0.469 e. The number of hydrogen-bond donors (Lipinski definition) is 0. The average molecular weight is 380 g/mol. The van der Waals surface area contributed by atoms with Gasteiger partial charge < -0.3 is 14.5 Å². The molecule has 0 saturated carbocycles. The van der Waals surface area contributed by atoms with Gasteiger partial charge in [-0.2, -0.15) is 0 Å². The number of rotatable bonds is 4. The molecule has 1 aromatic carbocycles. The van der Waals surface area contributed by atoms with Crippen molar-refractivity contribution >= 4 is 29.2 Å². The molecule has 6 nitrogen and oxygen atoms in total. The number of halogens is 1. The predicted molar refractivity (Wildman–Crippen MR) is 101 cm³/mol. The summed E-state index contributed by atoms with van der Waals surface area (Å²) in [5, 5.41) is 0.746. The van der Waals surface area contributed by atoms with Crippen molar-refractivity contribution in [3.8, 4) is 0 Å². The van der Waals surface area contributed by atoms with Crippen molar-refractivity contribution in [1.29, 1.82) is 0 Å². The summed E-state index contributed by atoms with van der Waals surface area (Å²) in [6, 6.07) is 7.89. The molecule has 3 rings (SSSR count). The first-order valence-electron chi connectivity index (χ1n) is 9.15. The number of piperidine rings is 1. The molecule has 7 heteroatoms. The summed E-state index contributed by atoms with van der Waals surface area (Å²) in [6.07, 6.45) is 1.39. The molecule has 142 valence electrons. The predicted octanol–water partition coefficient (Wildman–Crippen LogP) is 1.87. The van der Waals surface area contributed by atoms with Crippen molar-refractivity contribution in [3.63, 3.8) is 0 Å². The number of hydrogen-bond acceptors (Lipinski definition) is 5.